The Morgan fingerprint density at radius 2 is 1.21 bits per heavy atom. The lowest BCUT2D eigenvalue weighted by atomic mass is 10.2. The molecule has 35 heteroatoms. The van der Waals surface area contributed by atoms with E-state index in [0.717, 1.165) is 33.3 Å². The maximum absolute atomic E-state index is 13.1. The number of aromatic nitrogens is 8. The van der Waals surface area contributed by atoms with Crippen LogP contribution in [0.1, 0.15) is 25.0 Å². The molecule has 0 saturated carbocycles. The maximum Gasteiger partial charge on any atom is 0.417 e. The molecule has 0 unspecified atom stereocenters. The van der Waals surface area contributed by atoms with Crippen molar-refractivity contribution in [3.63, 3.8) is 0 Å². The van der Waals surface area contributed by atoms with Crippen LogP contribution in [0.5, 0.6) is 11.5 Å². The van der Waals surface area contributed by atoms with Gasteiger partial charge in [-0.25, -0.2) is 26.8 Å². The summed E-state index contributed by atoms with van der Waals surface area (Å²) in [6.45, 7) is 2.75. The molecule has 0 aliphatic carbocycles. The molecule has 2 atom stereocenters. The summed E-state index contributed by atoms with van der Waals surface area (Å²) in [5.41, 5.74) is -1.07. The van der Waals surface area contributed by atoms with Gasteiger partial charge in [-0.1, -0.05) is 79.9 Å². The fourth-order valence-corrected chi connectivity index (χ4v) is 8.60. The Kier molecular flexibility index (Phi) is 17.1. The molecule has 0 radical (unpaired) electrons. The molecule has 1 aliphatic rings. The van der Waals surface area contributed by atoms with E-state index in [2.05, 4.69) is 42.8 Å². The van der Waals surface area contributed by atoms with Gasteiger partial charge in [0.05, 0.1) is 47.9 Å². The molecule has 1 saturated heterocycles. The molecule has 0 amide bonds. The van der Waals surface area contributed by atoms with E-state index in [0.29, 0.717) is 5.56 Å². The summed E-state index contributed by atoms with van der Waals surface area (Å²) in [6, 6.07) is 6.76. The zero-order valence-corrected chi connectivity index (χ0v) is 42.1. The van der Waals surface area contributed by atoms with Crippen LogP contribution in [0.15, 0.2) is 70.2 Å². The SMILES string of the molecule is C[C@@H]1COS(=O)(=O)O1.C[C@H](COc1cc(Cl)c(-c2noc(-c3cn4cc(C(F)(F)F)cc(Cl)c4n3)n2)cc1Cl)OS(=O)(=O)[O-].N.Oc1cc(Cl)c(-c2noc(-c3cn4cc(C(F)(F)F)cc(Cl)c4n3)n2)cc1Cl. The number of phenols is 1. The molecule has 1 fully saturated rings. The standard InChI is InChI=1S/C19H12Cl3F3N4O6S.C16H6Cl3F3N4O2.C3H6O4S.H3N/c1-8(35-36(30,31)32)7-33-15-4-11(20)10(3-12(15)21)16-27-18(34-28-16)14-6-29-5-9(19(23,24)25)2-13(22)17(29)26-14;17-8-3-12(27)9(18)2-7(8)13-24-15(28-25-13)11-5-26-4-6(16(20,21)22)1-10(19)14(26)23-11;1-3-2-6-8(4,5)7-3;/h2-6,8H,7H2,1H3,(H,30,31,32);1-5,27H;3H,2H2,1H3;1H3/p-1/t8-;;3-;/m1.1./s1. The lowest BCUT2D eigenvalue weighted by molar-refractivity contribution is -0.138. The number of hydrogen-bond donors (Lipinski definition) is 2. The Morgan fingerprint density at radius 1 is 0.740 bits per heavy atom. The Balaban J connectivity index is 0.000000208. The number of benzene rings is 2. The van der Waals surface area contributed by atoms with Gasteiger partial charge in [-0.3, -0.25) is 4.18 Å². The van der Waals surface area contributed by atoms with Crippen LogP contribution in [0.25, 0.3) is 57.2 Å². The molecule has 9 rings (SSSR count). The van der Waals surface area contributed by atoms with Gasteiger partial charge in [-0.15, -0.1) is 0 Å². The first kappa shape index (κ1) is 57.0. The van der Waals surface area contributed by atoms with Gasteiger partial charge in [0.15, 0.2) is 11.3 Å². The molecule has 8 aromatic rings. The highest BCUT2D eigenvalue weighted by Gasteiger charge is 2.34. The summed E-state index contributed by atoms with van der Waals surface area (Å²) < 4.78 is 161. The Hall–Kier alpha value is -5.28. The van der Waals surface area contributed by atoms with Gasteiger partial charge < -0.3 is 38.4 Å². The highest BCUT2D eigenvalue weighted by Crippen LogP contribution is 2.39. The lowest BCUT2D eigenvalue weighted by Gasteiger charge is -2.16. The van der Waals surface area contributed by atoms with Crippen LogP contribution in [0.2, 0.25) is 30.1 Å². The third-order valence-corrected chi connectivity index (χ3v) is 12.3. The van der Waals surface area contributed by atoms with Gasteiger partial charge in [-0.2, -0.15) is 44.7 Å². The lowest BCUT2D eigenvalue weighted by Crippen LogP contribution is -2.21. The minimum absolute atomic E-state index is 0. The number of nitrogens with zero attached hydrogens (tertiary/aromatic N) is 8. The van der Waals surface area contributed by atoms with Gasteiger partial charge in [0.1, 0.15) is 41.7 Å². The number of hydrogen-bond acceptors (Lipinski definition) is 19. The van der Waals surface area contributed by atoms with Gasteiger partial charge in [0, 0.05) is 48.0 Å². The molecular formula is C38H26Cl6F6N9O12S2-. The second-order valence-corrected chi connectivity index (χ2v) is 19.2. The first-order valence-corrected chi connectivity index (χ1v) is 24.1. The number of ether oxygens (including phenoxy) is 1. The zero-order chi connectivity index (χ0) is 52.8. The summed E-state index contributed by atoms with van der Waals surface area (Å²) in [7, 11) is -8.50. The molecule has 73 heavy (non-hydrogen) atoms. The van der Waals surface area contributed by atoms with Crippen molar-refractivity contribution in [2.75, 3.05) is 13.2 Å². The molecule has 2 aromatic carbocycles. The van der Waals surface area contributed by atoms with Crippen molar-refractivity contribution in [2.24, 2.45) is 0 Å². The largest absolute Gasteiger partial charge is 0.726 e. The van der Waals surface area contributed by atoms with Crippen LogP contribution < -0.4 is 10.9 Å². The normalized spacial score (nSPS) is 15.1. The van der Waals surface area contributed by atoms with E-state index in [1.807, 2.05) is 0 Å². The van der Waals surface area contributed by atoms with E-state index in [1.165, 1.54) is 43.6 Å². The van der Waals surface area contributed by atoms with Crippen molar-refractivity contribution < 1.29 is 79.2 Å². The summed E-state index contributed by atoms with van der Waals surface area (Å²) in [4.78, 5) is 16.6. The number of fused-ring (bicyclic) bond motifs is 2. The van der Waals surface area contributed by atoms with E-state index >= 15 is 0 Å². The average molecular weight is 1190 g/mol. The van der Waals surface area contributed by atoms with Crippen molar-refractivity contribution in [2.45, 2.75) is 38.4 Å². The third-order valence-electron chi connectivity index (χ3n) is 8.98. The molecule has 21 nitrogen and oxygen atoms in total. The number of aromatic hydroxyl groups is 1. The number of pyridine rings is 2. The van der Waals surface area contributed by atoms with Crippen LogP contribution in [0.4, 0.5) is 26.3 Å². The zero-order valence-electron chi connectivity index (χ0n) is 35.9. The second-order valence-electron chi connectivity index (χ2n) is 14.5. The van der Waals surface area contributed by atoms with Crippen LogP contribution in [-0.4, -0.2) is 91.0 Å². The fourth-order valence-electron chi connectivity index (χ4n) is 5.89. The summed E-state index contributed by atoms with van der Waals surface area (Å²) in [5, 5.41) is 17.0. The second kappa shape index (κ2) is 21.9. The minimum Gasteiger partial charge on any atom is -0.726 e. The van der Waals surface area contributed by atoms with Crippen LogP contribution in [0.3, 0.4) is 0 Å². The molecule has 4 N–H and O–H groups in total. The van der Waals surface area contributed by atoms with Gasteiger partial charge in [0.25, 0.3) is 11.8 Å². The predicted molar refractivity (Wildman–Crippen MR) is 246 cm³/mol. The van der Waals surface area contributed by atoms with Crippen molar-refractivity contribution in [3.8, 4) is 57.4 Å². The molecule has 392 valence electrons. The smallest absolute Gasteiger partial charge is 0.417 e. The van der Waals surface area contributed by atoms with Crippen molar-refractivity contribution in [1.29, 1.82) is 0 Å². The van der Waals surface area contributed by atoms with E-state index in [4.69, 9.17) is 83.4 Å². The van der Waals surface area contributed by atoms with E-state index in [-0.39, 0.29) is 119 Å². The molecule has 0 bridgehead atoms. The highest BCUT2D eigenvalue weighted by atomic mass is 35.5. The molecule has 1 aliphatic heterocycles. The number of alkyl halides is 6. The van der Waals surface area contributed by atoms with Crippen LogP contribution in [-0.2, 0) is 45.7 Å². The summed E-state index contributed by atoms with van der Waals surface area (Å²) in [6.07, 6.45) is -6.38. The third kappa shape index (κ3) is 13.9. The Morgan fingerprint density at radius 3 is 1.62 bits per heavy atom. The monoisotopic (exact) mass is 1190 g/mol. The number of rotatable bonds is 9. The van der Waals surface area contributed by atoms with Crippen molar-refractivity contribution >= 4 is 102 Å². The van der Waals surface area contributed by atoms with Crippen molar-refractivity contribution in [1.82, 2.24) is 45.2 Å². The van der Waals surface area contributed by atoms with E-state index in [1.54, 1.807) is 6.92 Å². The Bertz CT molecular complexity index is 3580. The van der Waals surface area contributed by atoms with Gasteiger partial charge >= 0.3 is 22.8 Å². The topological polar surface area (TPSA) is 296 Å². The summed E-state index contributed by atoms with van der Waals surface area (Å²) >= 11 is 36.3. The number of imidazole rings is 2. The maximum atomic E-state index is 13.1. The first-order chi connectivity index (χ1) is 33.4. The van der Waals surface area contributed by atoms with E-state index in [9.17, 15) is 52.8 Å². The van der Waals surface area contributed by atoms with Crippen LogP contribution in [0, 0.1) is 0 Å². The highest BCUT2D eigenvalue weighted by molar-refractivity contribution is 7.82. The van der Waals surface area contributed by atoms with Gasteiger partial charge in [-0.05, 0) is 38.1 Å². The molecule has 7 heterocycles. The van der Waals surface area contributed by atoms with Crippen LogP contribution >= 0.6 is 69.6 Å². The fraction of sp³-hybridized carbons (Fsp3) is 0.211. The van der Waals surface area contributed by atoms with Crippen molar-refractivity contribution in [3.05, 3.63) is 102 Å². The number of phenolic OH excluding ortho intramolecular Hbond substituents is 1. The molecular weight excluding hydrogens is 1170 g/mol. The van der Waals surface area contributed by atoms with E-state index < -0.39 is 50.4 Å². The summed E-state index contributed by atoms with van der Waals surface area (Å²) in [5.74, 6) is -0.310. The first-order valence-electron chi connectivity index (χ1n) is 19.2. The average Bonchev–Trinajstić information content (AvgIpc) is 4.12. The van der Waals surface area contributed by atoms with Gasteiger partial charge in [0.2, 0.25) is 22.0 Å². The predicted octanol–water partition coefficient (Wildman–Crippen LogP) is 10.8. The Labute approximate surface area is 435 Å². The minimum atomic E-state index is -4.91. The quantitative estimate of drug-likeness (QED) is 0.0771. The number of halogens is 12. The molecule has 0 spiro atoms. The molecule has 6 aromatic heterocycles.